The van der Waals surface area contributed by atoms with Crippen molar-refractivity contribution in [3.8, 4) is 5.75 Å². The largest absolute Gasteiger partial charge is 0.493 e. The Labute approximate surface area is 173 Å². The number of hydrogen-bond donors (Lipinski definition) is 1. The second-order valence-electron chi connectivity index (χ2n) is 8.24. The van der Waals surface area contributed by atoms with E-state index in [2.05, 4.69) is 26.1 Å². The molecule has 0 atom stereocenters. The molecular formula is C24H30N2O3. The lowest BCUT2D eigenvalue weighted by atomic mass is 9.98. The minimum atomic E-state index is -0.190. The number of anilines is 1. The summed E-state index contributed by atoms with van der Waals surface area (Å²) < 4.78 is 5.64. The molecule has 0 aliphatic carbocycles. The van der Waals surface area contributed by atoms with Crippen LogP contribution in [0.1, 0.15) is 54.3 Å². The third kappa shape index (κ3) is 5.83. The molecule has 1 N–H and O–H groups in total. The lowest BCUT2D eigenvalue weighted by Gasteiger charge is -2.30. The smallest absolute Gasteiger partial charge is 0.255 e. The zero-order chi connectivity index (χ0) is 20.8. The zero-order valence-electron chi connectivity index (χ0n) is 17.5. The third-order valence-corrected chi connectivity index (χ3v) is 5.16. The van der Waals surface area contributed by atoms with Gasteiger partial charge < -0.3 is 15.0 Å². The maximum absolute atomic E-state index is 12.6. The average molecular weight is 395 g/mol. The van der Waals surface area contributed by atoms with Crippen LogP contribution in [0.5, 0.6) is 5.75 Å². The molecule has 2 aromatic rings. The van der Waals surface area contributed by atoms with Gasteiger partial charge in [-0.2, -0.15) is 0 Å². The summed E-state index contributed by atoms with van der Waals surface area (Å²) in [6.07, 6.45) is 2.11. The van der Waals surface area contributed by atoms with E-state index in [4.69, 9.17) is 4.74 Å². The van der Waals surface area contributed by atoms with Crippen molar-refractivity contribution in [3.63, 3.8) is 0 Å². The molecule has 1 aliphatic heterocycles. The van der Waals surface area contributed by atoms with E-state index in [0.717, 1.165) is 31.7 Å². The average Bonchev–Trinajstić information content (AvgIpc) is 2.73. The molecule has 0 radical (unpaired) electrons. The first kappa shape index (κ1) is 20.9. The van der Waals surface area contributed by atoms with E-state index in [-0.39, 0.29) is 11.8 Å². The zero-order valence-corrected chi connectivity index (χ0v) is 17.5. The van der Waals surface area contributed by atoms with Crippen LogP contribution < -0.4 is 10.1 Å². The number of ether oxygens (including phenoxy) is 1. The number of carbonyl (C=O) groups is 2. The van der Waals surface area contributed by atoms with Crippen molar-refractivity contribution in [2.75, 3.05) is 25.0 Å². The number of rotatable bonds is 6. The van der Waals surface area contributed by atoms with Crippen molar-refractivity contribution in [3.05, 3.63) is 59.7 Å². The summed E-state index contributed by atoms with van der Waals surface area (Å²) in [5, 5.41) is 2.87. The minimum absolute atomic E-state index is 0.0618. The normalized spacial score (nSPS) is 14.7. The molecule has 1 fully saturated rings. The fourth-order valence-corrected chi connectivity index (χ4v) is 3.26. The second-order valence-corrected chi connectivity index (χ2v) is 8.24. The summed E-state index contributed by atoms with van der Waals surface area (Å²) in [4.78, 5) is 27.0. The molecule has 0 saturated carbocycles. The van der Waals surface area contributed by atoms with Crippen LogP contribution in [0.2, 0.25) is 0 Å². The molecule has 0 spiro atoms. The van der Waals surface area contributed by atoms with E-state index in [1.54, 1.807) is 48.5 Å². The molecule has 1 saturated heterocycles. The van der Waals surface area contributed by atoms with Gasteiger partial charge in [-0.15, -0.1) is 0 Å². The van der Waals surface area contributed by atoms with Crippen molar-refractivity contribution in [2.24, 2.45) is 11.8 Å². The molecule has 29 heavy (non-hydrogen) atoms. The molecular weight excluding hydrogens is 364 g/mol. The van der Waals surface area contributed by atoms with Crippen molar-refractivity contribution < 1.29 is 14.3 Å². The molecule has 5 heteroatoms. The van der Waals surface area contributed by atoms with Crippen molar-refractivity contribution >= 4 is 17.5 Å². The summed E-state index contributed by atoms with van der Waals surface area (Å²) in [7, 11) is 0. The Morgan fingerprint density at radius 3 is 2.17 bits per heavy atom. The first-order chi connectivity index (χ1) is 13.9. The third-order valence-electron chi connectivity index (χ3n) is 5.16. The van der Waals surface area contributed by atoms with Gasteiger partial charge in [0.25, 0.3) is 11.8 Å². The quantitative estimate of drug-likeness (QED) is 0.762. The number of hydrogen-bond acceptors (Lipinski definition) is 3. The number of amides is 2. The van der Waals surface area contributed by atoms with Gasteiger partial charge >= 0.3 is 0 Å². The van der Waals surface area contributed by atoms with Gasteiger partial charge in [-0.05, 0) is 73.2 Å². The van der Waals surface area contributed by atoms with Crippen LogP contribution in [0.25, 0.3) is 0 Å². The monoisotopic (exact) mass is 394 g/mol. The highest BCUT2D eigenvalue weighted by molar-refractivity contribution is 6.04. The van der Waals surface area contributed by atoms with E-state index in [1.807, 2.05) is 4.90 Å². The first-order valence-corrected chi connectivity index (χ1v) is 10.4. The van der Waals surface area contributed by atoms with Crippen LogP contribution in [-0.4, -0.2) is 36.4 Å². The van der Waals surface area contributed by atoms with Crippen LogP contribution in [0.3, 0.4) is 0 Å². The Morgan fingerprint density at radius 1 is 1.00 bits per heavy atom. The first-order valence-electron chi connectivity index (χ1n) is 10.4. The maximum atomic E-state index is 12.6. The molecule has 1 aliphatic rings. The highest BCUT2D eigenvalue weighted by Crippen LogP contribution is 2.20. The highest BCUT2D eigenvalue weighted by atomic mass is 16.5. The number of piperidine rings is 1. The van der Waals surface area contributed by atoms with Crippen molar-refractivity contribution in [1.82, 2.24) is 4.90 Å². The summed E-state index contributed by atoms with van der Waals surface area (Å²) in [5.74, 6) is 1.76. The van der Waals surface area contributed by atoms with Crippen molar-refractivity contribution in [2.45, 2.75) is 33.6 Å². The standard InChI is InChI=1S/C24H30N2O3/c1-17(2)16-29-22-10-6-19(7-11-22)23(27)25-21-8-4-20(5-9-21)24(28)26-14-12-18(3)13-15-26/h4-11,17-18H,12-16H2,1-3H3,(H,25,27). The molecule has 3 rings (SSSR count). The topological polar surface area (TPSA) is 58.6 Å². The van der Waals surface area contributed by atoms with Gasteiger partial charge in [-0.25, -0.2) is 0 Å². The predicted molar refractivity (Wildman–Crippen MR) is 115 cm³/mol. The van der Waals surface area contributed by atoms with E-state index in [1.165, 1.54) is 0 Å². The number of likely N-dealkylation sites (tertiary alicyclic amines) is 1. The van der Waals surface area contributed by atoms with Crippen LogP contribution >= 0.6 is 0 Å². The van der Waals surface area contributed by atoms with Gasteiger partial charge in [0.15, 0.2) is 0 Å². The number of nitrogens with one attached hydrogen (secondary N) is 1. The molecule has 0 unspecified atom stereocenters. The second kappa shape index (κ2) is 9.59. The highest BCUT2D eigenvalue weighted by Gasteiger charge is 2.21. The SMILES string of the molecule is CC(C)COc1ccc(C(=O)Nc2ccc(C(=O)N3CCC(C)CC3)cc2)cc1. The Kier molecular flexibility index (Phi) is 6.91. The molecule has 154 valence electrons. The van der Waals surface area contributed by atoms with E-state index < -0.39 is 0 Å². The fourth-order valence-electron chi connectivity index (χ4n) is 3.26. The van der Waals surface area contributed by atoms with E-state index in [0.29, 0.717) is 35.3 Å². The van der Waals surface area contributed by atoms with E-state index >= 15 is 0 Å². The molecule has 2 aromatic carbocycles. The van der Waals surface area contributed by atoms with Crippen LogP contribution in [0, 0.1) is 11.8 Å². The summed E-state index contributed by atoms with van der Waals surface area (Å²) in [6, 6.07) is 14.2. The van der Waals surface area contributed by atoms with Gasteiger partial charge in [0.05, 0.1) is 6.61 Å². The minimum Gasteiger partial charge on any atom is -0.493 e. The summed E-state index contributed by atoms with van der Waals surface area (Å²) >= 11 is 0. The molecule has 0 bridgehead atoms. The van der Waals surface area contributed by atoms with Gasteiger partial charge in [0.2, 0.25) is 0 Å². The Morgan fingerprint density at radius 2 is 1.59 bits per heavy atom. The lowest BCUT2D eigenvalue weighted by molar-refractivity contribution is 0.0697. The number of nitrogens with zero attached hydrogens (tertiary/aromatic N) is 1. The number of carbonyl (C=O) groups excluding carboxylic acids is 2. The maximum Gasteiger partial charge on any atom is 0.255 e. The van der Waals surface area contributed by atoms with E-state index in [9.17, 15) is 9.59 Å². The summed E-state index contributed by atoms with van der Waals surface area (Å²) in [6.45, 7) is 8.69. The lowest BCUT2D eigenvalue weighted by Crippen LogP contribution is -2.37. The van der Waals surface area contributed by atoms with Gasteiger partial charge in [0.1, 0.15) is 5.75 Å². The summed E-state index contributed by atoms with van der Waals surface area (Å²) in [5.41, 5.74) is 1.88. The van der Waals surface area contributed by atoms with Crippen molar-refractivity contribution in [1.29, 1.82) is 0 Å². The number of benzene rings is 2. The fraction of sp³-hybridized carbons (Fsp3) is 0.417. The van der Waals surface area contributed by atoms with Crippen LogP contribution in [-0.2, 0) is 0 Å². The molecule has 2 amide bonds. The van der Waals surface area contributed by atoms with Crippen LogP contribution in [0.15, 0.2) is 48.5 Å². The Hall–Kier alpha value is -2.82. The van der Waals surface area contributed by atoms with Gasteiger partial charge in [-0.3, -0.25) is 9.59 Å². The molecule has 1 heterocycles. The Balaban J connectivity index is 1.56. The molecule has 0 aromatic heterocycles. The predicted octanol–water partition coefficient (Wildman–Crippen LogP) is 4.85. The van der Waals surface area contributed by atoms with Gasteiger partial charge in [0, 0.05) is 29.9 Å². The van der Waals surface area contributed by atoms with Crippen LogP contribution in [0.4, 0.5) is 5.69 Å². The van der Waals surface area contributed by atoms with Gasteiger partial charge in [-0.1, -0.05) is 20.8 Å². The molecule has 5 nitrogen and oxygen atoms in total. The Bertz CT molecular complexity index is 820.